The van der Waals surface area contributed by atoms with E-state index in [0.29, 0.717) is 43.1 Å². The molecular formula is C20H29NO6. The molecule has 1 aromatic rings. The van der Waals surface area contributed by atoms with Crippen LogP contribution in [0.5, 0.6) is 11.5 Å². The highest BCUT2D eigenvalue weighted by atomic mass is 16.8. The number of allylic oxidation sites excluding steroid dienone is 1. The van der Waals surface area contributed by atoms with Gasteiger partial charge < -0.3 is 24.2 Å². The Balaban J connectivity index is 2.22. The summed E-state index contributed by atoms with van der Waals surface area (Å²) in [6, 6.07) is 5.32. The zero-order chi connectivity index (χ0) is 20.1. The fourth-order valence-electron chi connectivity index (χ4n) is 2.88. The van der Waals surface area contributed by atoms with Crippen molar-refractivity contribution in [3.05, 3.63) is 47.8 Å². The maximum absolute atomic E-state index is 11.3. The van der Waals surface area contributed by atoms with E-state index in [0.717, 1.165) is 5.56 Å². The molecule has 1 saturated heterocycles. The van der Waals surface area contributed by atoms with Gasteiger partial charge in [0.15, 0.2) is 17.3 Å². The van der Waals surface area contributed by atoms with Crippen molar-refractivity contribution in [2.24, 2.45) is 5.41 Å². The Kier molecular flexibility index (Phi) is 7.02. The Morgan fingerprint density at radius 3 is 2.41 bits per heavy atom. The van der Waals surface area contributed by atoms with E-state index < -0.39 is 11.0 Å². The number of ether oxygens (including phenoxy) is 4. The lowest BCUT2D eigenvalue weighted by molar-refractivity contribution is -1.00. The van der Waals surface area contributed by atoms with Gasteiger partial charge in [0.25, 0.3) is 0 Å². The Morgan fingerprint density at radius 1 is 1.26 bits per heavy atom. The van der Waals surface area contributed by atoms with E-state index in [1.807, 2.05) is 6.07 Å². The van der Waals surface area contributed by atoms with Crippen molar-refractivity contribution < 1.29 is 29.4 Å². The number of hydrogen-bond donors (Lipinski definition) is 2. The Hall–Kier alpha value is -1.90. The predicted octanol–water partition coefficient (Wildman–Crippen LogP) is 2.55. The van der Waals surface area contributed by atoms with Crippen LogP contribution in [0.4, 0.5) is 0 Å². The Bertz CT molecular complexity index is 673. The maximum Gasteiger partial charge on any atom is 0.187 e. The van der Waals surface area contributed by atoms with Crippen LogP contribution >= 0.6 is 0 Å². The summed E-state index contributed by atoms with van der Waals surface area (Å²) in [4.78, 5) is 0. The molecule has 2 rings (SSSR count). The van der Waals surface area contributed by atoms with E-state index in [9.17, 15) is 10.4 Å². The largest absolute Gasteiger partial charge is 0.595 e. The molecule has 1 aliphatic heterocycles. The summed E-state index contributed by atoms with van der Waals surface area (Å²) in [5.74, 6) is 0.209. The molecule has 2 N–H and O–H groups in total. The van der Waals surface area contributed by atoms with Crippen LogP contribution in [0.2, 0.25) is 0 Å². The molecule has 0 bridgehead atoms. The molecule has 7 nitrogen and oxygen atoms in total. The first-order valence-corrected chi connectivity index (χ1v) is 8.81. The molecule has 0 amide bonds. The SMILES string of the molecule is C=CC1(CC/C(=C/[NH+]([O-])O)c2ccc(OC)c(OC)c2)OCC(C)(C)CO1. The highest BCUT2D eigenvalue weighted by Gasteiger charge is 2.38. The average Bonchev–Trinajstić information content (AvgIpc) is 2.65. The number of quaternary nitrogens is 1. The van der Waals surface area contributed by atoms with Crippen LogP contribution in [0.1, 0.15) is 32.3 Å². The molecule has 1 atom stereocenters. The molecule has 1 aromatic carbocycles. The maximum atomic E-state index is 11.3. The van der Waals surface area contributed by atoms with Crippen LogP contribution in [0.3, 0.4) is 0 Å². The van der Waals surface area contributed by atoms with Crippen molar-refractivity contribution in [2.75, 3.05) is 27.4 Å². The van der Waals surface area contributed by atoms with Crippen molar-refractivity contribution >= 4 is 5.57 Å². The molecule has 1 aliphatic rings. The second-order valence-electron chi connectivity index (χ2n) is 7.34. The fourth-order valence-corrected chi connectivity index (χ4v) is 2.88. The van der Waals surface area contributed by atoms with Crippen LogP contribution in [0, 0.1) is 10.6 Å². The molecule has 7 heteroatoms. The number of methoxy groups -OCH3 is 2. The summed E-state index contributed by atoms with van der Waals surface area (Å²) >= 11 is 0. The van der Waals surface area contributed by atoms with Gasteiger partial charge in [0.2, 0.25) is 0 Å². The van der Waals surface area contributed by atoms with Gasteiger partial charge in [-0.3, -0.25) is 0 Å². The predicted molar refractivity (Wildman–Crippen MR) is 101 cm³/mol. The summed E-state index contributed by atoms with van der Waals surface area (Å²) in [6.45, 7) is 9.08. The lowest BCUT2D eigenvalue weighted by atomic mass is 9.93. The number of benzene rings is 1. The fraction of sp³-hybridized carbons (Fsp3) is 0.500. The third-order valence-electron chi connectivity index (χ3n) is 4.52. The second kappa shape index (κ2) is 8.86. The highest BCUT2D eigenvalue weighted by molar-refractivity contribution is 5.67. The summed E-state index contributed by atoms with van der Waals surface area (Å²) in [5, 5.41) is 19.6. The summed E-state index contributed by atoms with van der Waals surface area (Å²) in [6.07, 6.45) is 3.74. The number of hydroxylamine groups is 2. The van der Waals surface area contributed by atoms with Gasteiger partial charge in [0.1, 0.15) is 6.20 Å². The van der Waals surface area contributed by atoms with E-state index in [4.69, 9.17) is 18.9 Å². The minimum atomic E-state index is -1.01. The third-order valence-corrected chi connectivity index (χ3v) is 4.52. The van der Waals surface area contributed by atoms with Crippen LogP contribution in [-0.2, 0) is 9.47 Å². The van der Waals surface area contributed by atoms with E-state index in [1.165, 1.54) is 6.20 Å². The smallest absolute Gasteiger partial charge is 0.187 e. The molecule has 0 spiro atoms. The van der Waals surface area contributed by atoms with Gasteiger partial charge >= 0.3 is 0 Å². The van der Waals surface area contributed by atoms with Crippen LogP contribution in [-0.4, -0.2) is 38.4 Å². The average molecular weight is 379 g/mol. The molecule has 150 valence electrons. The van der Waals surface area contributed by atoms with Gasteiger partial charge in [-0.15, -0.1) is 0 Å². The first kappa shape index (κ1) is 21.4. The number of nitrogens with one attached hydrogen (secondary N) is 1. The standard InChI is InChI=1S/C20H29NO6/c1-6-20(26-13-19(2,3)14-27-20)10-9-16(12-21(22)23)15-7-8-17(24-4)18(11-15)25-5/h6-8,11-12,21-22H,1,9-10,13-14H2,2-5H3/b16-12-. The molecule has 0 saturated carbocycles. The molecule has 1 fully saturated rings. The van der Waals surface area contributed by atoms with Gasteiger partial charge in [-0.2, -0.15) is 0 Å². The van der Waals surface area contributed by atoms with Crippen molar-refractivity contribution in [3.8, 4) is 11.5 Å². The lowest BCUT2D eigenvalue weighted by Crippen LogP contribution is -2.99. The first-order valence-electron chi connectivity index (χ1n) is 8.81. The third kappa shape index (κ3) is 5.54. The summed E-state index contributed by atoms with van der Waals surface area (Å²) in [7, 11) is 3.10. The zero-order valence-electron chi connectivity index (χ0n) is 16.4. The number of hydrogen-bond acceptors (Lipinski definition) is 6. The summed E-state index contributed by atoms with van der Waals surface area (Å²) in [5.41, 5.74) is 1.32. The molecule has 0 aliphatic carbocycles. The van der Waals surface area contributed by atoms with Crippen molar-refractivity contribution in [3.63, 3.8) is 0 Å². The molecule has 1 heterocycles. The Labute approximate surface area is 160 Å². The van der Waals surface area contributed by atoms with Crippen molar-refractivity contribution in [1.82, 2.24) is 0 Å². The van der Waals surface area contributed by atoms with Gasteiger partial charge in [0, 0.05) is 17.4 Å². The van der Waals surface area contributed by atoms with Gasteiger partial charge in [0.05, 0.1) is 27.4 Å². The van der Waals surface area contributed by atoms with E-state index in [2.05, 4.69) is 20.4 Å². The normalized spacial score (nSPS) is 20.0. The molecule has 0 aromatic heterocycles. The first-order chi connectivity index (χ1) is 12.7. The minimum Gasteiger partial charge on any atom is -0.595 e. The second-order valence-corrected chi connectivity index (χ2v) is 7.34. The monoisotopic (exact) mass is 379 g/mol. The van der Waals surface area contributed by atoms with Crippen molar-refractivity contribution in [1.29, 1.82) is 0 Å². The summed E-state index contributed by atoms with van der Waals surface area (Å²) < 4.78 is 22.5. The van der Waals surface area contributed by atoms with Crippen LogP contribution in [0.15, 0.2) is 37.1 Å². The van der Waals surface area contributed by atoms with E-state index >= 15 is 0 Å². The zero-order valence-corrected chi connectivity index (χ0v) is 16.4. The molecular weight excluding hydrogens is 350 g/mol. The molecule has 1 unspecified atom stereocenters. The van der Waals surface area contributed by atoms with Crippen LogP contribution < -0.4 is 14.7 Å². The van der Waals surface area contributed by atoms with E-state index in [1.54, 1.807) is 32.4 Å². The molecule has 0 radical (unpaired) electrons. The quantitative estimate of drug-likeness (QED) is 0.533. The Morgan fingerprint density at radius 2 is 1.89 bits per heavy atom. The topological polar surface area (TPSA) is 84.7 Å². The van der Waals surface area contributed by atoms with Crippen LogP contribution in [0.25, 0.3) is 5.57 Å². The lowest BCUT2D eigenvalue weighted by Gasteiger charge is -2.42. The minimum absolute atomic E-state index is 0.0599. The molecule has 27 heavy (non-hydrogen) atoms. The van der Waals surface area contributed by atoms with Gasteiger partial charge in [-0.25, -0.2) is 10.4 Å². The van der Waals surface area contributed by atoms with Gasteiger partial charge in [-0.1, -0.05) is 26.5 Å². The van der Waals surface area contributed by atoms with E-state index in [-0.39, 0.29) is 5.41 Å². The number of rotatable bonds is 8. The van der Waals surface area contributed by atoms with Crippen molar-refractivity contribution in [2.45, 2.75) is 32.5 Å². The van der Waals surface area contributed by atoms with Gasteiger partial charge in [-0.05, 0) is 30.2 Å². The highest BCUT2D eigenvalue weighted by Crippen LogP contribution is 2.36.